The molecular formula is C31H24Cl2N6O2S. The smallest absolute Gasteiger partial charge is 0.336 e. The van der Waals surface area contributed by atoms with E-state index in [1.165, 1.54) is 15.8 Å². The maximum Gasteiger partial charge on any atom is 0.336 e. The van der Waals surface area contributed by atoms with Crippen LogP contribution in [0.15, 0.2) is 100 Å². The Labute approximate surface area is 254 Å². The first-order chi connectivity index (χ1) is 20.2. The molecule has 3 heterocycles. The molecule has 6 rings (SSSR count). The third-order valence-corrected chi connectivity index (χ3v) is 8.62. The molecule has 6 aromatic rings. The van der Waals surface area contributed by atoms with Crippen LogP contribution in [0.5, 0.6) is 0 Å². The number of rotatable bonds is 6. The maximum atomic E-state index is 14.6. The van der Waals surface area contributed by atoms with Crippen molar-refractivity contribution in [3.63, 3.8) is 0 Å². The Morgan fingerprint density at radius 1 is 0.952 bits per heavy atom. The zero-order valence-corrected chi connectivity index (χ0v) is 24.6. The van der Waals surface area contributed by atoms with E-state index in [-0.39, 0.29) is 22.9 Å². The van der Waals surface area contributed by atoms with Crippen LogP contribution in [-0.4, -0.2) is 14.1 Å². The summed E-state index contributed by atoms with van der Waals surface area (Å²) in [5, 5.41) is 5.24. The highest BCUT2D eigenvalue weighted by Crippen LogP contribution is 2.36. The van der Waals surface area contributed by atoms with Crippen molar-refractivity contribution in [3.8, 4) is 16.9 Å². The highest BCUT2D eigenvalue weighted by molar-refractivity contribution is 7.10. The fraction of sp³-hybridized carbons (Fsp3) is 0.0645. The number of hydrogen-bond acceptors (Lipinski definition) is 7. The van der Waals surface area contributed by atoms with E-state index in [0.717, 1.165) is 20.4 Å². The average molecular weight is 616 g/mol. The minimum Gasteiger partial charge on any atom is -0.397 e. The Kier molecular flexibility index (Phi) is 7.34. The van der Waals surface area contributed by atoms with Gasteiger partial charge in [0.25, 0.3) is 5.56 Å². The van der Waals surface area contributed by atoms with Gasteiger partial charge in [-0.25, -0.2) is 15.2 Å². The van der Waals surface area contributed by atoms with Gasteiger partial charge in [-0.3, -0.25) is 19.4 Å². The van der Waals surface area contributed by atoms with Crippen molar-refractivity contribution in [2.75, 3.05) is 10.7 Å². The summed E-state index contributed by atoms with van der Waals surface area (Å²) in [4.78, 5) is 34.6. The molecule has 0 amide bonds. The number of nitrogen functional groups attached to an aromatic ring is 1. The minimum absolute atomic E-state index is 0.0192. The highest BCUT2D eigenvalue weighted by Gasteiger charge is 2.27. The summed E-state index contributed by atoms with van der Waals surface area (Å²) < 4.78 is 2.64. The molecule has 0 bridgehead atoms. The molecule has 3 aromatic heterocycles. The number of halogens is 2. The molecule has 0 atom stereocenters. The molecule has 0 saturated carbocycles. The van der Waals surface area contributed by atoms with Gasteiger partial charge >= 0.3 is 5.69 Å². The second-order valence-electron chi connectivity index (χ2n) is 9.71. The molecule has 210 valence electrons. The zero-order valence-electron chi connectivity index (χ0n) is 22.3. The van der Waals surface area contributed by atoms with Crippen LogP contribution in [0.1, 0.15) is 10.4 Å². The molecule has 42 heavy (non-hydrogen) atoms. The lowest BCUT2D eigenvalue weighted by Gasteiger charge is -2.26. The Balaban J connectivity index is 1.78. The molecule has 0 aliphatic carbocycles. The van der Waals surface area contributed by atoms with Crippen LogP contribution in [0.25, 0.3) is 27.7 Å². The first-order valence-corrected chi connectivity index (χ1v) is 14.5. The van der Waals surface area contributed by atoms with E-state index in [1.807, 2.05) is 42.6 Å². The molecule has 0 aliphatic rings. The molecule has 0 spiro atoms. The average Bonchev–Trinajstić information content (AvgIpc) is 3.40. The van der Waals surface area contributed by atoms with Crippen LogP contribution >= 0.6 is 34.5 Å². The summed E-state index contributed by atoms with van der Waals surface area (Å²) in [5.74, 6) is 6.75. The van der Waals surface area contributed by atoms with Crippen LogP contribution in [0.4, 0.5) is 17.1 Å². The van der Waals surface area contributed by atoms with Crippen molar-refractivity contribution in [1.29, 1.82) is 0 Å². The predicted octanol–water partition coefficient (Wildman–Crippen LogP) is 6.53. The van der Waals surface area contributed by atoms with E-state index < -0.39 is 11.2 Å². The van der Waals surface area contributed by atoms with Crippen molar-refractivity contribution in [1.82, 2.24) is 14.1 Å². The number of aromatic nitrogens is 3. The van der Waals surface area contributed by atoms with E-state index in [9.17, 15) is 9.59 Å². The number of benzene rings is 3. The summed E-state index contributed by atoms with van der Waals surface area (Å²) in [6.45, 7) is 2.15. The van der Waals surface area contributed by atoms with E-state index in [0.29, 0.717) is 33.0 Å². The Morgan fingerprint density at radius 3 is 2.45 bits per heavy atom. The number of para-hydroxylation sites is 2. The molecule has 8 nitrogen and oxygen atoms in total. The van der Waals surface area contributed by atoms with E-state index in [2.05, 4.69) is 4.98 Å². The number of fused-ring (bicyclic) bond motifs is 1. The fourth-order valence-corrected chi connectivity index (χ4v) is 6.02. The number of hydrazine groups is 1. The molecule has 0 fully saturated rings. The van der Waals surface area contributed by atoms with Gasteiger partial charge in [0.1, 0.15) is 5.69 Å². The van der Waals surface area contributed by atoms with Crippen molar-refractivity contribution in [3.05, 3.63) is 132 Å². The largest absolute Gasteiger partial charge is 0.397 e. The molecule has 0 saturated heterocycles. The third kappa shape index (κ3) is 4.86. The second kappa shape index (κ2) is 11.1. The molecule has 4 N–H and O–H groups in total. The lowest BCUT2D eigenvalue weighted by atomic mass is 10.1. The molecule has 0 aliphatic heterocycles. The predicted molar refractivity (Wildman–Crippen MR) is 172 cm³/mol. The van der Waals surface area contributed by atoms with E-state index >= 15 is 0 Å². The summed E-state index contributed by atoms with van der Waals surface area (Å²) in [5.41, 5.74) is 7.81. The summed E-state index contributed by atoms with van der Waals surface area (Å²) in [6, 6.07) is 21.3. The van der Waals surface area contributed by atoms with Gasteiger partial charge in [0.2, 0.25) is 0 Å². The second-order valence-corrected chi connectivity index (χ2v) is 11.6. The maximum absolute atomic E-state index is 14.6. The molecule has 0 unspecified atom stereocenters. The third-order valence-electron chi connectivity index (χ3n) is 6.97. The van der Waals surface area contributed by atoms with Crippen molar-refractivity contribution in [2.45, 2.75) is 13.5 Å². The topological polar surface area (TPSA) is 112 Å². The zero-order chi connectivity index (χ0) is 29.5. The van der Waals surface area contributed by atoms with E-state index in [1.54, 1.807) is 60.0 Å². The van der Waals surface area contributed by atoms with Crippen molar-refractivity contribution in [2.24, 2.45) is 5.84 Å². The number of nitrogens with zero attached hydrogens (tertiary/aromatic N) is 4. The Bertz CT molecular complexity index is 2100. The van der Waals surface area contributed by atoms with Crippen LogP contribution in [0, 0.1) is 6.92 Å². The normalized spacial score (nSPS) is 11.2. The van der Waals surface area contributed by atoms with Crippen molar-refractivity contribution >= 4 is 62.4 Å². The first-order valence-electron chi connectivity index (χ1n) is 12.9. The molecule has 3 aromatic carbocycles. The summed E-state index contributed by atoms with van der Waals surface area (Å²) in [7, 11) is 0. The number of thiophene rings is 1. The number of nitrogens with two attached hydrogens (primary N) is 2. The van der Waals surface area contributed by atoms with Gasteiger partial charge in [-0.05, 0) is 48.2 Å². The monoisotopic (exact) mass is 614 g/mol. The number of pyridine rings is 1. The number of anilines is 3. The Hall–Kier alpha value is -4.41. The van der Waals surface area contributed by atoms with Crippen LogP contribution in [0.3, 0.4) is 0 Å². The summed E-state index contributed by atoms with van der Waals surface area (Å²) >= 11 is 14.3. The fourth-order valence-electron chi connectivity index (χ4n) is 5.02. The van der Waals surface area contributed by atoms with Gasteiger partial charge in [0.05, 0.1) is 45.5 Å². The molecular weight excluding hydrogens is 591 g/mol. The number of aryl methyl sites for hydroxylation is 1. The van der Waals surface area contributed by atoms with Gasteiger partial charge < -0.3 is 5.73 Å². The SMILES string of the molecule is Cc1cc(Cn2c(-c3ccc(Cl)c(Cl)c3)c(N(N)c3ccccc3N)c(=O)n(-c3cncc4ccccc34)c2=O)cs1. The minimum atomic E-state index is -0.650. The first kappa shape index (κ1) is 27.7. The van der Waals surface area contributed by atoms with E-state index in [4.69, 9.17) is 34.8 Å². The van der Waals surface area contributed by atoms with Crippen LogP contribution < -0.4 is 27.8 Å². The van der Waals surface area contributed by atoms with Gasteiger partial charge in [0.15, 0.2) is 0 Å². The van der Waals surface area contributed by atoms with Crippen LogP contribution in [0.2, 0.25) is 10.0 Å². The van der Waals surface area contributed by atoms with Gasteiger partial charge in [-0.2, -0.15) is 0 Å². The summed E-state index contributed by atoms with van der Waals surface area (Å²) in [6.07, 6.45) is 3.19. The quantitative estimate of drug-likeness (QED) is 0.125. The van der Waals surface area contributed by atoms with Crippen LogP contribution in [-0.2, 0) is 6.54 Å². The highest BCUT2D eigenvalue weighted by atomic mass is 35.5. The molecule has 0 radical (unpaired) electrons. The molecule has 11 heteroatoms. The number of hydrogen-bond donors (Lipinski definition) is 2. The lowest BCUT2D eigenvalue weighted by molar-refractivity contribution is 0.689. The Morgan fingerprint density at radius 2 is 1.71 bits per heavy atom. The lowest BCUT2D eigenvalue weighted by Crippen LogP contribution is -2.44. The van der Waals surface area contributed by atoms with Gasteiger partial charge in [0, 0.05) is 27.4 Å². The van der Waals surface area contributed by atoms with Gasteiger partial charge in [-0.15, -0.1) is 11.3 Å². The van der Waals surface area contributed by atoms with Gasteiger partial charge in [-0.1, -0.05) is 65.7 Å². The standard InChI is InChI=1S/C31H24Cl2N6O2S/c1-18-12-19(17-42-18)16-37-28(20-10-11-23(32)24(33)13-20)29(39(35)26-9-5-4-8-25(26)34)30(40)38(31(37)41)27-15-36-14-21-6-2-3-7-22(21)27/h2-15,17H,16,34-35H2,1H3. The van der Waals surface area contributed by atoms with Crippen molar-refractivity contribution < 1.29 is 0 Å².